The van der Waals surface area contributed by atoms with Crippen LogP contribution in [0.25, 0.3) is 22.6 Å². The largest absolute Gasteiger partial charge is 0.460 e. The monoisotopic (exact) mass is 294 g/mol. The molecule has 4 nitrogen and oxygen atoms in total. The van der Waals surface area contributed by atoms with E-state index in [1.165, 1.54) is 0 Å². The van der Waals surface area contributed by atoms with Gasteiger partial charge in [0.1, 0.15) is 0 Å². The van der Waals surface area contributed by atoms with E-state index >= 15 is 0 Å². The minimum Gasteiger partial charge on any atom is -0.455 e. The third-order valence-corrected chi connectivity index (χ3v) is 3.23. The first-order valence-electron chi connectivity index (χ1n) is 7.13. The Morgan fingerprint density at radius 3 is 2.18 bits per heavy atom. The van der Waals surface area contributed by atoms with Crippen molar-refractivity contribution in [2.75, 3.05) is 6.61 Å². The van der Waals surface area contributed by atoms with Crippen molar-refractivity contribution in [3.8, 4) is 22.6 Å². The number of H-pyrrole nitrogens is 1. The van der Waals surface area contributed by atoms with Gasteiger partial charge in [0.25, 0.3) is 5.69 Å². The van der Waals surface area contributed by atoms with Crippen molar-refractivity contribution in [2.45, 2.75) is 6.92 Å². The molecule has 0 saturated carbocycles. The number of aromatic nitrogens is 1. The zero-order valence-electron chi connectivity index (χ0n) is 12.2. The molecule has 0 bridgehead atoms. The number of aromatic amines is 1. The molecular formula is C18H16NO3+. The highest BCUT2D eigenvalue weighted by atomic mass is 16.5. The van der Waals surface area contributed by atoms with Crippen LogP contribution in [0.15, 0.2) is 65.1 Å². The van der Waals surface area contributed by atoms with Gasteiger partial charge in [0.2, 0.25) is 5.76 Å². The predicted molar refractivity (Wildman–Crippen MR) is 82.1 cm³/mol. The summed E-state index contributed by atoms with van der Waals surface area (Å²) >= 11 is 0. The molecule has 0 saturated heterocycles. The van der Waals surface area contributed by atoms with Crippen LogP contribution in [0.1, 0.15) is 17.6 Å². The van der Waals surface area contributed by atoms with Gasteiger partial charge in [0.05, 0.1) is 12.2 Å². The highest BCUT2D eigenvalue weighted by molar-refractivity contribution is 5.85. The number of ether oxygens (including phenoxy) is 1. The Morgan fingerprint density at radius 2 is 1.59 bits per heavy atom. The summed E-state index contributed by atoms with van der Waals surface area (Å²) in [5.41, 5.74) is 2.60. The van der Waals surface area contributed by atoms with Gasteiger partial charge in [0.15, 0.2) is 0 Å². The number of nitrogens with one attached hydrogen (secondary N) is 1. The van der Waals surface area contributed by atoms with E-state index in [9.17, 15) is 4.79 Å². The summed E-state index contributed by atoms with van der Waals surface area (Å²) in [6.45, 7) is 2.06. The van der Waals surface area contributed by atoms with Crippen molar-refractivity contribution < 1.29 is 18.9 Å². The van der Waals surface area contributed by atoms with Crippen LogP contribution in [0.2, 0.25) is 0 Å². The van der Waals surface area contributed by atoms with Gasteiger partial charge in [-0.2, -0.15) is 4.98 Å². The van der Waals surface area contributed by atoms with Crippen molar-refractivity contribution in [1.29, 1.82) is 0 Å². The molecule has 1 N–H and O–H groups in total. The van der Waals surface area contributed by atoms with Crippen LogP contribution in [-0.4, -0.2) is 12.6 Å². The summed E-state index contributed by atoms with van der Waals surface area (Å²) in [6, 6.07) is 19.4. The molecule has 110 valence electrons. The predicted octanol–water partition coefficient (Wildman–Crippen LogP) is 3.60. The number of esters is 1. The summed E-state index contributed by atoms with van der Waals surface area (Å²) in [5, 5.41) is 0. The molecule has 0 atom stereocenters. The van der Waals surface area contributed by atoms with Crippen molar-refractivity contribution in [3.05, 3.63) is 66.6 Å². The fourth-order valence-corrected chi connectivity index (χ4v) is 2.24. The summed E-state index contributed by atoms with van der Waals surface area (Å²) in [7, 11) is 0. The Hall–Kier alpha value is -2.88. The Labute approximate surface area is 128 Å². The number of hydrogen-bond acceptors (Lipinski definition) is 3. The number of benzene rings is 2. The van der Waals surface area contributed by atoms with E-state index in [0.29, 0.717) is 12.4 Å². The molecule has 3 rings (SSSR count). The van der Waals surface area contributed by atoms with Crippen molar-refractivity contribution in [2.24, 2.45) is 0 Å². The average Bonchev–Trinajstić information content (AvgIpc) is 3.02. The second-order valence-electron chi connectivity index (χ2n) is 4.71. The standard InChI is InChI=1S/C18H15NO3/c1-2-21-18(20)17-19-15(13-9-5-3-6-10-13)16(22-17)14-11-7-4-8-12-14/h3-12H,2H2,1H3/p+1. The molecule has 4 heteroatoms. The van der Waals surface area contributed by atoms with Gasteiger partial charge in [-0.25, -0.2) is 4.79 Å². The highest BCUT2D eigenvalue weighted by Crippen LogP contribution is 2.30. The van der Waals surface area contributed by atoms with Gasteiger partial charge in [-0.15, -0.1) is 0 Å². The van der Waals surface area contributed by atoms with E-state index in [4.69, 9.17) is 9.15 Å². The molecule has 3 aromatic rings. The van der Waals surface area contributed by atoms with E-state index in [-0.39, 0.29) is 5.89 Å². The zero-order chi connectivity index (χ0) is 15.4. The highest BCUT2D eigenvalue weighted by Gasteiger charge is 2.29. The lowest BCUT2D eigenvalue weighted by atomic mass is 10.1. The lowest BCUT2D eigenvalue weighted by Gasteiger charge is -1.96. The Bertz CT molecular complexity index is 707. The molecule has 0 aliphatic rings. The number of hydrogen-bond donors (Lipinski definition) is 0. The summed E-state index contributed by atoms with van der Waals surface area (Å²) in [5.74, 6) is 0.219. The summed E-state index contributed by atoms with van der Waals surface area (Å²) < 4.78 is 10.7. The fraction of sp³-hybridized carbons (Fsp3) is 0.111. The van der Waals surface area contributed by atoms with Gasteiger partial charge < -0.3 is 9.15 Å². The van der Waals surface area contributed by atoms with Gasteiger partial charge in [-0.3, -0.25) is 0 Å². The van der Waals surface area contributed by atoms with E-state index in [0.717, 1.165) is 16.8 Å². The molecule has 22 heavy (non-hydrogen) atoms. The molecule has 0 aliphatic heterocycles. The Balaban J connectivity index is 2.12. The van der Waals surface area contributed by atoms with Crippen molar-refractivity contribution in [1.82, 2.24) is 0 Å². The van der Waals surface area contributed by atoms with Gasteiger partial charge >= 0.3 is 11.9 Å². The van der Waals surface area contributed by atoms with E-state index in [1.807, 2.05) is 60.7 Å². The average molecular weight is 294 g/mol. The lowest BCUT2D eigenvalue weighted by Crippen LogP contribution is -2.16. The maximum atomic E-state index is 11.9. The second kappa shape index (κ2) is 6.26. The van der Waals surface area contributed by atoms with Crippen LogP contribution in [0.5, 0.6) is 0 Å². The second-order valence-corrected chi connectivity index (χ2v) is 4.71. The number of carbonyl (C=O) groups excluding carboxylic acids is 1. The Morgan fingerprint density at radius 1 is 1.00 bits per heavy atom. The quantitative estimate of drug-likeness (QED) is 0.691. The van der Waals surface area contributed by atoms with Crippen LogP contribution < -0.4 is 4.98 Å². The molecule has 2 aromatic carbocycles. The fourth-order valence-electron chi connectivity index (χ4n) is 2.24. The van der Waals surface area contributed by atoms with E-state index in [1.54, 1.807) is 6.92 Å². The van der Waals surface area contributed by atoms with Crippen LogP contribution in [0.4, 0.5) is 0 Å². The number of rotatable bonds is 4. The SMILES string of the molecule is CCOC(=O)c1[nH+]c(-c2ccccc2)c(-c2ccccc2)o1. The minimum atomic E-state index is -0.498. The molecule has 0 amide bonds. The number of carbonyl (C=O) groups is 1. The minimum absolute atomic E-state index is 0.0968. The molecule has 0 aliphatic carbocycles. The third kappa shape index (κ3) is 2.76. The van der Waals surface area contributed by atoms with Crippen molar-refractivity contribution >= 4 is 5.97 Å². The maximum absolute atomic E-state index is 11.9. The normalized spacial score (nSPS) is 10.4. The smallest absolute Gasteiger partial charge is 0.455 e. The molecule has 0 fully saturated rings. The molecule has 0 radical (unpaired) electrons. The molecule has 1 aromatic heterocycles. The lowest BCUT2D eigenvalue weighted by molar-refractivity contribution is -0.377. The van der Waals surface area contributed by atoms with E-state index < -0.39 is 5.97 Å². The number of oxazole rings is 1. The van der Waals surface area contributed by atoms with Crippen LogP contribution in [-0.2, 0) is 4.74 Å². The van der Waals surface area contributed by atoms with Crippen LogP contribution in [0.3, 0.4) is 0 Å². The summed E-state index contributed by atoms with van der Waals surface area (Å²) in [4.78, 5) is 15.0. The topological polar surface area (TPSA) is 53.6 Å². The molecule has 0 unspecified atom stereocenters. The van der Waals surface area contributed by atoms with Crippen LogP contribution in [0, 0.1) is 0 Å². The van der Waals surface area contributed by atoms with Gasteiger partial charge in [-0.1, -0.05) is 48.5 Å². The summed E-state index contributed by atoms with van der Waals surface area (Å²) in [6.07, 6.45) is 0. The van der Waals surface area contributed by atoms with E-state index in [2.05, 4.69) is 4.98 Å². The van der Waals surface area contributed by atoms with Crippen molar-refractivity contribution in [3.63, 3.8) is 0 Å². The Kier molecular flexibility index (Phi) is 4.01. The first-order chi connectivity index (χ1) is 10.8. The molecule has 0 spiro atoms. The first kappa shape index (κ1) is 14.1. The zero-order valence-corrected chi connectivity index (χ0v) is 12.2. The molecular weight excluding hydrogens is 278 g/mol. The van der Waals surface area contributed by atoms with Gasteiger partial charge in [0, 0.05) is 5.56 Å². The third-order valence-electron chi connectivity index (χ3n) is 3.23. The van der Waals surface area contributed by atoms with Crippen LogP contribution >= 0.6 is 0 Å². The first-order valence-corrected chi connectivity index (χ1v) is 7.13. The van der Waals surface area contributed by atoms with Gasteiger partial charge in [-0.05, 0) is 19.1 Å². The molecule has 1 heterocycles. The maximum Gasteiger partial charge on any atom is 0.460 e.